The molecule has 0 aromatic heterocycles. The van der Waals surface area contributed by atoms with E-state index in [0.29, 0.717) is 19.3 Å². The minimum Gasteiger partial charge on any atom is -0.274 e. The van der Waals surface area contributed by atoms with E-state index in [0.717, 1.165) is 4.90 Å². The van der Waals surface area contributed by atoms with E-state index in [9.17, 15) is 9.59 Å². The van der Waals surface area contributed by atoms with Crippen LogP contribution in [0.5, 0.6) is 0 Å². The molecule has 1 aliphatic rings. The Kier molecular flexibility index (Phi) is 1.85. The summed E-state index contributed by atoms with van der Waals surface area (Å²) in [7, 11) is 0. The van der Waals surface area contributed by atoms with Crippen molar-refractivity contribution in [3.63, 3.8) is 0 Å². The smallest absolute Gasteiger partial charge is 0.233 e. The van der Waals surface area contributed by atoms with Gasteiger partial charge >= 0.3 is 0 Å². The normalized spacial score (nSPS) is 19.4. The number of carbonyl (C=O) groups excluding carboxylic acids is 2. The summed E-state index contributed by atoms with van der Waals surface area (Å²) in [5, 5.41) is 0. The summed E-state index contributed by atoms with van der Waals surface area (Å²) < 4.78 is 0. The molecule has 3 nitrogen and oxygen atoms in total. The predicted octanol–water partition coefficient (Wildman–Crippen LogP) is 0.669. The third-order valence-electron chi connectivity index (χ3n) is 1.50. The van der Waals surface area contributed by atoms with Crippen LogP contribution in [0.2, 0.25) is 0 Å². The average Bonchev–Trinajstić information content (AvgIpc) is 1.88. The number of hydrogen-bond acceptors (Lipinski definition) is 2. The number of hydrogen-bond donors (Lipinski definition) is 0. The van der Waals surface area contributed by atoms with Crippen LogP contribution in [0.1, 0.15) is 19.3 Å². The van der Waals surface area contributed by atoms with Crippen LogP contribution < -0.4 is 0 Å². The van der Waals surface area contributed by atoms with Crippen molar-refractivity contribution >= 4 is 11.8 Å². The molecule has 0 radical (unpaired) electrons. The van der Waals surface area contributed by atoms with Crippen LogP contribution in [0.4, 0.5) is 0 Å². The molecule has 1 saturated heterocycles. The Morgan fingerprint density at radius 3 is 2.10 bits per heavy atom. The largest absolute Gasteiger partial charge is 0.274 e. The van der Waals surface area contributed by atoms with Crippen molar-refractivity contribution in [2.45, 2.75) is 19.3 Å². The van der Waals surface area contributed by atoms with Gasteiger partial charge in [-0.25, -0.2) is 0 Å². The number of rotatable bonds is 1. The number of nitrogens with zero attached hydrogens (tertiary/aromatic N) is 1. The first-order valence-corrected chi connectivity index (χ1v) is 3.23. The lowest BCUT2D eigenvalue weighted by atomic mass is 10.1. The standard InChI is InChI=1S/C7H9NO2/c1-2-8-6(9)4-3-5-7(8)10/h2H,1,3-5H2. The Hall–Kier alpha value is -1.12. The van der Waals surface area contributed by atoms with Gasteiger partial charge in [-0.2, -0.15) is 0 Å². The molecule has 1 aliphatic heterocycles. The van der Waals surface area contributed by atoms with Gasteiger partial charge in [0, 0.05) is 19.0 Å². The lowest BCUT2D eigenvalue weighted by molar-refractivity contribution is -0.144. The van der Waals surface area contributed by atoms with Crippen molar-refractivity contribution in [1.29, 1.82) is 0 Å². The van der Waals surface area contributed by atoms with E-state index >= 15 is 0 Å². The highest BCUT2D eigenvalue weighted by molar-refractivity contribution is 5.98. The van der Waals surface area contributed by atoms with E-state index in [1.165, 1.54) is 6.20 Å². The highest BCUT2D eigenvalue weighted by atomic mass is 16.2. The summed E-state index contributed by atoms with van der Waals surface area (Å²) in [5.74, 6) is -0.266. The molecule has 2 amide bonds. The number of amides is 2. The molecule has 0 aromatic rings. The summed E-state index contributed by atoms with van der Waals surface area (Å²) in [6.45, 7) is 3.37. The SMILES string of the molecule is C=CN1C(=O)CCCC1=O. The van der Waals surface area contributed by atoms with Crippen LogP contribution in [0.15, 0.2) is 12.8 Å². The molecular formula is C7H9NO2. The zero-order chi connectivity index (χ0) is 7.56. The summed E-state index contributed by atoms with van der Waals surface area (Å²) in [5.41, 5.74) is 0. The van der Waals surface area contributed by atoms with Gasteiger partial charge in [0.2, 0.25) is 11.8 Å². The topological polar surface area (TPSA) is 37.4 Å². The maximum atomic E-state index is 10.9. The molecule has 3 heteroatoms. The van der Waals surface area contributed by atoms with Gasteiger partial charge in [0.15, 0.2) is 0 Å². The van der Waals surface area contributed by atoms with Crippen molar-refractivity contribution in [3.8, 4) is 0 Å². The van der Waals surface area contributed by atoms with Crippen LogP contribution in [0.25, 0.3) is 0 Å². The molecule has 10 heavy (non-hydrogen) atoms. The summed E-state index contributed by atoms with van der Waals surface area (Å²) in [4.78, 5) is 22.8. The average molecular weight is 139 g/mol. The minimum atomic E-state index is -0.133. The maximum Gasteiger partial charge on any atom is 0.233 e. The predicted molar refractivity (Wildman–Crippen MR) is 35.9 cm³/mol. The lowest BCUT2D eigenvalue weighted by Crippen LogP contribution is -2.35. The number of likely N-dealkylation sites (tertiary alicyclic amines) is 1. The Bertz CT molecular complexity index is 170. The van der Waals surface area contributed by atoms with Gasteiger partial charge in [-0.1, -0.05) is 6.58 Å². The highest BCUT2D eigenvalue weighted by Crippen LogP contribution is 2.11. The Labute approximate surface area is 59.3 Å². The van der Waals surface area contributed by atoms with Crippen LogP contribution in [0.3, 0.4) is 0 Å². The van der Waals surface area contributed by atoms with Gasteiger partial charge in [0.25, 0.3) is 0 Å². The van der Waals surface area contributed by atoms with E-state index in [2.05, 4.69) is 6.58 Å². The fraction of sp³-hybridized carbons (Fsp3) is 0.429. The summed E-state index contributed by atoms with van der Waals surface area (Å²) in [6, 6.07) is 0. The van der Waals surface area contributed by atoms with Gasteiger partial charge in [-0.15, -0.1) is 0 Å². The Morgan fingerprint density at radius 1 is 1.30 bits per heavy atom. The first kappa shape index (κ1) is 6.99. The summed E-state index contributed by atoms with van der Waals surface area (Å²) >= 11 is 0. The molecule has 1 rings (SSSR count). The molecule has 0 saturated carbocycles. The summed E-state index contributed by atoms with van der Waals surface area (Å²) in [6.07, 6.45) is 2.90. The monoisotopic (exact) mass is 139 g/mol. The Balaban J connectivity index is 2.71. The van der Waals surface area contributed by atoms with E-state index in [1.54, 1.807) is 0 Å². The molecule has 1 heterocycles. The van der Waals surface area contributed by atoms with Gasteiger partial charge < -0.3 is 0 Å². The molecule has 54 valence electrons. The van der Waals surface area contributed by atoms with E-state index in [1.807, 2.05) is 0 Å². The van der Waals surface area contributed by atoms with Gasteiger partial charge in [-0.3, -0.25) is 14.5 Å². The Morgan fingerprint density at radius 2 is 1.80 bits per heavy atom. The fourth-order valence-corrected chi connectivity index (χ4v) is 0.974. The molecule has 0 spiro atoms. The molecule has 1 fully saturated rings. The number of piperidine rings is 1. The second kappa shape index (κ2) is 2.64. The van der Waals surface area contributed by atoms with Crippen LogP contribution in [-0.4, -0.2) is 16.7 Å². The first-order chi connectivity index (χ1) is 4.75. The second-order valence-electron chi connectivity index (χ2n) is 2.19. The quantitative estimate of drug-likeness (QED) is 0.501. The second-order valence-corrected chi connectivity index (χ2v) is 2.19. The zero-order valence-corrected chi connectivity index (χ0v) is 5.67. The zero-order valence-electron chi connectivity index (χ0n) is 5.67. The third-order valence-corrected chi connectivity index (χ3v) is 1.50. The van der Waals surface area contributed by atoms with Gasteiger partial charge in [-0.05, 0) is 6.42 Å². The molecule has 0 N–H and O–H groups in total. The van der Waals surface area contributed by atoms with E-state index in [4.69, 9.17) is 0 Å². The van der Waals surface area contributed by atoms with Crippen LogP contribution in [-0.2, 0) is 9.59 Å². The maximum absolute atomic E-state index is 10.9. The number of imide groups is 1. The molecule has 0 unspecified atom stereocenters. The lowest BCUT2D eigenvalue weighted by Gasteiger charge is -2.19. The molecule has 0 atom stereocenters. The van der Waals surface area contributed by atoms with Gasteiger partial charge in [0.05, 0.1) is 0 Å². The minimum absolute atomic E-state index is 0.133. The van der Waals surface area contributed by atoms with Gasteiger partial charge in [0.1, 0.15) is 0 Å². The third kappa shape index (κ3) is 1.07. The number of carbonyl (C=O) groups is 2. The van der Waals surface area contributed by atoms with Crippen molar-refractivity contribution in [3.05, 3.63) is 12.8 Å². The molecule has 0 bridgehead atoms. The highest BCUT2D eigenvalue weighted by Gasteiger charge is 2.22. The van der Waals surface area contributed by atoms with Crippen molar-refractivity contribution in [2.75, 3.05) is 0 Å². The van der Waals surface area contributed by atoms with Crippen LogP contribution in [0, 0.1) is 0 Å². The molecule has 0 aromatic carbocycles. The molecule has 0 aliphatic carbocycles. The van der Waals surface area contributed by atoms with Crippen molar-refractivity contribution in [1.82, 2.24) is 4.90 Å². The fourth-order valence-electron chi connectivity index (χ4n) is 0.974. The van der Waals surface area contributed by atoms with Crippen molar-refractivity contribution < 1.29 is 9.59 Å². The molecular weight excluding hydrogens is 130 g/mol. The van der Waals surface area contributed by atoms with Crippen LogP contribution >= 0.6 is 0 Å². The first-order valence-electron chi connectivity index (χ1n) is 3.23. The van der Waals surface area contributed by atoms with E-state index < -0.39 is 0 Å². The van der Waals surface area contributed by atoms with E-state index in [-0.39, 0.29) is 11.8 Å². The van der Waals surface area contributed by atoms with Crippen molar-refractivity contribution in [2.24, 2.45) is 0 Å².